The van der Waals surface area contributed by atoms with Crippen LogP contribution in [-0.2, 0) is 0 Å². The lowest BCUT2D eigenvalue weighted by atomic mass is 10.1. The van der Waals surface area contributed by atoms with Crippen molar-refractivity contribution in [3.8, 4) is 10.4 Å². The molecule has 0 aliphatic heterocycles. The number of pyridine rings is 1. The molecule has 0 atom stereocenters. The number of nitrogens with zero attached hydrogens (tertiary/aromatic N) is 1. The van der Waals surface area contributed by atoms with Crippen molar-refractivity contribution < 1.29 is 4.79 Å². The molecule has 2 heterocycles. The molecule has 0 saturated carbocycles. The largest absolute Gasteiger partial charge is 0.383 e. The van der Waals surface area contributed by atoms with Gasteiger partial charge in [-0.3, -0.25) is 4.79 Å². The van der Waals surface area contributed by atoms with E-state index in [1.807, 2.05) is 36.4 Å². The fourth-order valence-corrected chi connectivity index (χ4v) is 3.72. The highest BCUT2D eigenvalue weighted by Crippen LogP contribution is 2.33. The maximum absolute atomic E-state index is 12.3. The zero-order chi connectivity index (χ0) is 17.2. The number of amides is 1. The van der Waals surface area contributed by atoms with Crippen molar-refractivity contribution in [3.63, 3.8) is 0 Å². The van der Waals surface area contributed by atoms with Crippen LogP contribution in [0.2, 0.25) is 0 Å². The Labute approximate surface area is 149 Å². The van der Waals surface area contributed by atoms with Gasteiger partial charge in [0.05, 0.1) is 5.56 Å². The second-order valence-corrected chi connectivity index (χ2v) is 6.70. The highest BCUT2D eigenvalue weighted by atomic mass is 32.1. The minimum atomic E-state index is -0.264. The number of aromatic nitrogens is 1. The molecule has 4 nitrogen and oxygen atoms in total. The summed E-state index contributed by atoms with van der Waals surface area (Å²) in [4.78, 5) is 17.4. The number of thiophene rings is 1. The van der Waals surface area contributed by atoms with E-state index in [-0.39, 0.29) is 11.7 Å². The zero-order valence-electron chi connectivity index (χ0n) is 13.3. The van der Waals surface area contributed by atoms with Gasteiger partial charge in [-0.05, 0) is 47.3 Å². The van der Waals surface area contributed by atoms with E-state index in [1.165, 1.54) is 15.0 Å². The van der Waals surface area contributed by atoms with E-state index >= 15 is 0 Å². The lowest BCUT2D eigenvalue weighted by Gasteiger charge is -2.07. The Kier molecular flexibility index (Phi) is 3.91. The molecule has 4 aromatic rings. The second-order valence-electron chi connectivity index (χ2n) is 5.62. The van der Waals surface area contributed by atoms with E-state index < -0.39 is 0 Å². The number of benzene rings is 2. The number of hydrogen-bond donors (Lipinski definition) is 2. The first kappa shape index (κ1) is 15.4. The molecule has 3 N–H and O–H groups in total. The lowest BCUT2D eigenvalue weighted by Crippen LogP contribution is -2.14. The first-order valence-corrected chi connectivity index (χ1v) is 8.63. The van der Waals surface area contributed by atoms with E-state index in [1.54, 1.807) is 29.7 Å². The van der Waals surface area contributed by atoms with Crippen LogP contribution in [0.25, 0.3) is 20.5 Å². The molecule has 0 bridgehead atoms. The van der Waals surface area contributed by atoms with Crippen LogP contribution in [0.1, 0.15) is 10.4 Å². The van der Waals surface area contributed by atoms with Crippen LogP contribution >= 0.6 is 11.3 Å². The molecular formula is C20H15N3OS. The van der Waals surface area contributed by atoms with Crippen LogP contribution in [0, 0.1) is 0 Å². The third-order valence-corrected chi connectivity index (χ3v) is 5.10. The Bertz CT molecular complexity index is 1020. The molecule has 1 amide bonds. The van der Waals surface area contributed by atoms with Crippen molar-refractivity contribution in [1.82, 2.24) is 4.98 Å². The number of anilines is 2. The number of hydrogen-bond acceptors (Lipinski definition) is 4. The summed E-state index contributed by atoms with van der Waals surface area (Å²) in [6.07, 6.45) is 1.56. The summed E-state index contributed by atoms with van der Waals surface area (Å²) in [7, 11) is 0. The van der Waals surface area contributed by atoms with Gasteiger partial charge in [-0.1, -0.05) is 30.3 Å². The quantitative estimate of drug-likeness (QED) is 0.560. The molecule has 0 aliphatic rings. The fourth-order valence-electron chi connectivity index (χ4n) is 2.65. The van der Waals surface area contributed by atoms with Crippen molar-refractivity contribution >= 4 is 38.8 Å². The lowest BCUT2D eigenvalue weighted by molar-refractivity contribution is 0.102. The number of nitrogens with one attached hydrogen (secondary N) is 1. The molecule has 0 fully saturated rings. The van der Waals surface area contributed by atoms with Crippen LogP contribution in [0.4, 0.5) is 11.5 Å². The van der Waals surface area contributed by atoms with Crippen molar-refractivity contribution in [2.75, 3.05) is 11.1 Å². The molecule has 2 aromatic heterocycles. The average molecular weight is 345 g/mol. The van der Waals surface area contributed by atoms with Gasteiger partial charge < -0.3 is 11.1 Å². The SMILES string of the molecule is Nc1ncccc1C(=O)Nc1ccc(-c2cc3ccccc3s2)cc1. The maximum Gasteiger partial charge on any atom is 0.259 e. The summed E-state index contributed by atoms with van der Waals surface area (Å²) in [5, 5.41) is 4.09. The number of carbonyl (C=O) groups excluding carboxylic acids is 1. The summed E-state index contributed by atoms with van der Waals surface area (Å²) in [6, 6.07) is 21.7. The highest BCUT2D eigenvalue weighted by Gasteiger charge is 2.10. The first-order valence-electron chi connectivity index (χ1n) is 7.81. The first-order chi connectivity index (χ1) is 12.2. The number of fused-ring (bicyclic) bond motifs is 1. The number of carbonyl (C=O) groups is 1. The highest BCUT2D eigenvalue weighted by molar-refractivity contribution is 7.22. The van der Waals surface area contributed by atoms with E-state index in [9.17, 15) is 4.79 Å². The predicted octanol–water partition coefficient (Wildman–Crippen LogP) is 4.80. The van der Waals surface area contributed by atoms with E-state index in [0.29, 0.717) is 5.56 Å². The van der Waals surface area contributed by atoms with E-state index in [2.05, 4.69) is 28.5 Å². The van der Waals surface area contributed by atoms with Gasteiger partial charge in [0.15, 0.2) is 0 Å². The van der Waals surface area contributed by atoms with Gasteiger partial charge in [0, 0.05) is 21.5 Å². The Morgan fingerprint density at radius 1 is 1.00 bits per heavy atom. The van der Waals surface area contributed by atoms with E-state index in [4.69, 9.17) is 5.73 Å². The fraction of sp³-hybridized carbons (Fsp3) is 0. The van der Waals surface area contributed by atoms with Crippen molar-refractivity contribution in [2.24, 2.45) is 0 Å². The van der Waals surface area contributed by atoms with Gasteiger partial charge in [0.25, 0.3) is 5.91 Å². The third-order valence-electron chi connectivity index (χ3n) is 3.94. The smallest absolute Gasteiger partial charge is 0.259 e. The van der Waals surface area contributed by atoms with Gasteiger partial charge in [0.1, 0.15) is 5.82 Å². The molecule has 0 saturated heterocycles. The van der Waals surface area contributed by atoms with Gasteiger partial charge in [-0.15, -0.1) is 11.3 Å². The van der Waals surface area contributed by atoms with Crippen LogP contribution in [0.5, 0.6) is 0 Å². The molecule has 2 aromatic carbocycles. The zero-order valence-corrected chi connectivity index (χ0v) is 14.1. The third kappa shape index (κ3) is 3.09. The second kappa shape index (κ2) is 6.37. The van der Waals surface area contributed by atoms with Crippen molar-refractivity contribution in [1.29, 1.82) is 0 Å². The van der Waals surface area contributed by atoms with Crippen LogP contribution in [0.15, 0.2) is 72.9 Å². The van der Waals surface area contributed by atoms with Gasteiger partial charge in [-0.25, -0.2) is 4.98 Å². The molecular weight excluding hydrogens is 330 g/mol. The molecule has 4 rings (SSSR count). The number of rotatable bonds is 3. The molecule has 25 heavy (non-hydrogen) atoms. The topological polar surface area (TPSA) is 68.0 Å². The van der Waals surface area contributed by atoms with Gasteiger partial charge in [-0.2, -0.15) is 0 Å². The Morgan fingerprint density at radius 3 is 2.56 bits per heavy atom. The van der Waals surface area contributed by atoms with Gasteiger partial charge in [0.2, 0.25) is 0 Å². The van der Waals surface area contributed by atoms with Crippen LogP contribution in [-0.4, -0.2) is 10.9 Å². The molecule has 5 heteroatoms. The summed E-state index contributed by atoms with van der Waals surface area (Å²) in [5.74, 6) is -0.0397. The molecule has 0 radical (unpaired) electrons. The Hall–Kier alpha value is -3.18. The Balaban J connectivity index is 1.56. The maximum atomic E-state index is 12.3. The van der Waals surface area contributed by atoms with Gasteiger partial charge >= 0.3 is 0 Å². The minimum absolute atomic E-state index is 0.224. The van der Waals surface area contributed by atoms with Crippen molar-refractivity contribution in [2.45, 2.75) is 0 Å². The molecule has 0 aliphatic carbocycles. The number of nitrogens with two attached hydrogens (primary N) is 1. The summed E-state index contributed by atoms with van der Waals surface area (Å²) < 4.78 is 1.27. The predicted molar refractivity (Wildman–Crippen MR) is 104 cm³/mol. The molecule has 0 spiro atoms. The van der Waals surface area contributed by atoms with E-state index in [0.717, 1.165) is 11.3 Å². The minimum Gasteiger partial charge on any atom is -0.383 e. The normalized spacial score (nSPS) is 10.7. The monoisotopic (exact) mass is 345 g/mol. The van der Waals surface area contributed by atoms with Crippen molar-refractivity contribution in [3.05, 3.63) is 78.5 Å². The van der Waals surface area contributed by atoms with Crippen LogP contribution < -0.4 is 11.1 Å². The van der Waals surface area contributed by atoms with Crippen LogP contribution in [0.3, 0.4) is 0 Å². The molecule has 122 valence electrons. The summed E-state index contributed by atoms with van der Waals surface area (Å²) >= 11 is 1.76. The summed E-state index contributed by atoms with van der Waals surface area (Å²) in [5.41, 5.74) is 7.96. The molecule has 0 unspecified atom stereocenters. The average Bonchev–Trinajstić information content (AvgIpc) is 3.07. The standard InChI is InChI=1S/C20H15N3OS/c21-19-16(5-3-11-22-19)20(24)23-15-9-7-13(8-10-15)18-12-14-4-1-2-6-17(14)25-18/h1-12H,(H2,21,22)(H,23,24). The summed E-state index contributed by atoms with van der Waals surface area (Å²) in [6.45, 7) is 0. The number of nitrogen functional groups attached to an aromatic ring is 1. The Morgan fingerprint density at radius 2 is 1.80 bits per heavy atom.